The summed E-state index contributed by atoms with van der Waals surface area (Å²) in [5.41, 5.74) is 5.28. The van der Waals surface area contributed by atoms with Crippen LogP contribution in [0.1, 0.15) is 34.1 Å². The Labute approximate surface area is 97.0 Å². The highest BCUT2D eigenvalue weighted by Crippen LogP contribution is 2.26. The number of carbonyl (C=O) groups excluding carboxylic acids is 1. The van der Waals surface area contributed by atoms with Crippen LogP contribution in [0.15, 0.2) is 0 Å². The van der Waals surface area contributed by atoms with E-state index in [2.05, 4.69) is 19.2 Å². The number of nitrogens with zero attached hydrogens (tertiary/aromatic N) is 1. The van der Waals surface area contributed by atoms with Crippen molar-refractivity contribution >= 4 is 5.91 Å². The van der Waals surface area contributed by atoms with Crippen LogP contribution in [-0.4, -0.2) is 40.4 Å². The van der Waals surface area contributed by atoms with Gasteiger partial charge in [-0.15, -0.1) is 0 Å². The number of carbonyl (C=O) groups is 1. The molecule has 0 bridgehead atoms. The van der Waals surface area contributed by atoms with Crippen LogP contribution in [-0.2, 0) is 4.79 Å². The Morgan fingerprint density at radius 1 is 1.56 bits per heavy atom. The van der Waals surface area contributed by atoms with E-state index in [-0.39, 0.29) is 18.6 Å². The quantitative estimate of drug-likeness (QED) is 0.626. The van der Waals surface area contributed by atoms with E-state index in [0.29, 0.717) is 5.92 Å². The van der Waals surface area contributed by atoms with Gasteiger partial charge in [0.05, 0.1) is 18.2 Å². The van der Waals surface area contributed by atoms with Crippen molar-refractivity contribution in [2.24, 2.45) is 11.7 Å². The molecule has 1 saturated heterocycles. The summed E-state index contributed by atoms with van der Waals surface area (Å²) >= 11 is 0. The van der Waals surface area contributed by atoms with Crippen LogP contribution in [0.3, 0.4) is 0 Å². The van der Waals surface area contributed by atoms with Crippen LogP contribution in [0.4, 0.5) is 0 Å². The predicted molar refractivity (Wildman–Crippen MR) is 62.4 cm³/mol. The van der Waals surface area contributed by atoms with Gasteiger partial charge in [0, 0.05) is 0 Å². The van der Waals surface area contributed by atoms with Gasteiger partial charge in [0.1, 0.15) is 6.29 Å². The van der Waals surface area contributed by atoms with Gasteiger partial charge in [0.25, 0.3) is 0 Å². The van der Waals surface area contributed by atoms with Crippen molar-refractivity contribution in [3.8, 4) is 0 Å². The van der Waals surface area contributed by atoms with Crippen LogP contribution in [0.2, 0.25) is 0 Å². The van der Waals surface area contributed by atoms with Gasteiger partial charge in [-0.05, 0) is 26.2 Å². The minimum absolute atomic E-state index is 0.0183. The molecule has 0 radical (unpaired) electrons. The van der Waals surface area contributed by atoms with E-state index in [4.69, 9.17) is 10.8 Å². The minimum Gasteiger partial charge on any atom is -0.394 e. The summed E-state index contributed by atoms with van der Waals surface area (Å²) in [6.07, 6.45) is 0.243. The smallest absolute Gasteiger partial charge is 0.245 e. The number of hydrogen-bond acceptors (Lipinski definition) is 4. The van der Waals surface area contributed by atoms with Gasteiger partial charge in [-0.1, -0.05) is 13.8 Å². The summed E-state index contributed by atoms with van der Waals surface area (Å²) in [4.78, 5) is 13.8. The van der Waals surface area contributed by atoms with Crippen molar-refractivity contribution in [2.45, 2.75) is 52.0 Å². The van der Waals surface area contributed by atoms with Crippen molar-refractivity contribution in [3.05, 3.63) is 0 Å². The molecule has 1 rings (SSSR count). The lowest BCUT2D eigenvalue weighted by molar-refractivity contribution is -0.135. The van der Waals surface area contributed by atoms with Crippen LogP contribution in [0.25, 0.3) is 0 Å². The van der Waals surface area contributed by atoms with E-state index in [1.165, 1.54) is 4.90 Å². The third-order valence-electron chi connectivity index (χ3n) is 3.03. The van der Waals surface area contributed by atoms with Crippen molar-refractivity contribution in [1.29, 1.82) is 0 Å². The first-order valence-electron chi connectivity index (χ1n) is 5.78. The summed E-state index contributed by atoms with van der Waals surface area (Å²) in [7, 11) is 0. The Morgan fingerprint density at radius 2 is 2.12 bits per heavy atom. The maximum Gasteiger partial charge on any atom is 0.245 e. The van der Waals surface area contributed by atoms with Gasteiger partial charge in [-0.3, -0.25) is 15.8 Å². The zero-order chi connectivity index (χ0) is 12.5. The number of aliphatic hydroxyl groups is 1. The lowest BCUT2D eigenvalue weighted by Gasteiger charge is -2.27. The average molecular weight is 229 g/mol. The van der Waals surface area contributed by atoms with Crippen LogP contribution in [0, 0.1) is 5.92 Å². The molecule has 0 spiro atoms. The molecule has 0 saturated carbocycles. The monoisotopic (exact) mass is 229 g/mol. The Bertz CT molecular complexity index is 270. The summed E-state index contributed by atoms with van der Waals surface area (Å²) in [6, 6.07) is -0.246. The zero-order valence-corrected chi connectivity index (χ0v) is 10.5. The van der Waals surface area contributed by atoms with Crippen molar-refractivity contribution < 1.29 is 9.90 Å². The number of hydrogen-bond donors (Lipinski definition) is 3. The molecule has 0 aromatic heterocycles. The maximum absolute atomic E-state index is 12.2. The highest BCUT2D eigenvalue weighted by Gasteiger charge is 2.48. The Morgan fingerprint density at radius 3 is 2.56 bits per heavy atom. The van der Waals surface area contributed by atoms with E-state index in [1.54, 1.807) is 6.92 Å². The van der Waals surface area contributed by atoms with Gasteiger partial charge >= 0.3 is 0 Å². The van der Waals surface area contributed by atoms with Crippen molar-refractivity contribution in [1.82, 2.24) is 10.2 Å². The first kappa shape index (κ1) is 13.4. The summed E-state index contributed by atoms with van der Waals surface area (Å²) in [6.45, 7) is 7.74. The fourth-order valence-electron chi connectivity index (χ4n) is 2.39. The summed E-state index contributed by atoms with van der Waals surface area (Å²) < 4.78 is 0. The van der Waals surface area contributed by atoms with Crippen LogP contribution in [0.5, 0.6) is 0 Å². The molecule has 0 aromatic rings. The molecular weight excluding hydrogens is 206 g/mol. The van der Waals surface area contributed by atoms with Gasteiger partial charge in [0.2, 0.25) is 5.91 Å². The van der Waals surface area contributed by atoms with Gasteiger partial charge in [-0.25, -0.2) is 0 Å². The van der Waals surface area contributed by atoms with E-state index in [0.717, 1.165) is 6.42 Å². The predicted octanol–water partition coefficient (Wildman–Crippen LogP) is -0.154. The Kier molecular flexibility index (Phi) is 3.93. The van der Waals surface area contributed by atoms with Gasteiger partial charge in [0.15, 0.2) is 0 Å². The molecule has 3 atom stereocenters. The fourth-order valence-corrected chi connectivity index (χ4v) is 2.39. The van der Waals surface area contributed by atoms with E-state index in [1.807, 2.05) is 6.92 Å². The highest BCUT2D eigenvalue weighted by atomic mass is 16.3. The second kappa shape index (κ2) is 4.69. The molecule has 1 aliphatic heterocycles. The number of amides is 1. The molecule has 4 N–H and O–H groups in total. The number of nitrogens with two attached hydrogens (primary N) is 1. The number of rotatable bonds is 4. The molecular formula is C11H23N3O2. The number of nitrogens with one attached hydrogen (secondary N) is 1. The van der Waals surface area contributed by atoms with E-state index in [9.17, 15) is 4.79 Å². The molecule has 16 heavy (non-hydrogen) atoms. The third-order valence-corrected chi connectivity index (χ3v) is 3.03. The largest absolute Gasteiger partial charge is 0.394 e. The standard InChI is InChI=1S/C11H23N3O2/c1-7(2)5-11(4)9(16)14(8(3)6-15)10(12)13-11/h7-8,10,13,15H,5-6,12H2,1-4H3. The lowest BCUT2D eigenvalue weighted by atomic mass is 9.90. The van der Waals surface area contributed by atoms with E-state index >= 15 is 0 Å². The molecule has 5 heteroatoms. The lowest BCUT2D eigenvalue weighted by Crippen LogP contribution is -2.50. The molecule has 3 unspecified atom stereocenters. The molecule has 0 aliphatic carbocycles. The fraction of sp³-hybridized carbons (Fsp3) is 0.909. The van der Waals surface area contributed by atoms with Crippen LogP contribution < -0.4 is 11.1 Å². The minimum atomic E-state index is -0.600. The average Bonchev–Trinajstić information content (AvgIpc) is 2.35. The molecule has 5 nitrogen and oxygen atoms in total. The normalized spacial score (nSPS) is 32.6. The van der Waals surface area contributed by atoms with Gasteiger partial charge in [-0.2, -0.15) is 0 Å². The summed E-state index contributed by atoms with van der Waals surface area (Å²) in [5.74, 6) is 0.397. The molecule has 94 valence electrons. The Hall–Kier alpha value is -0.650. The molecule has 1 fully saturated rings. The first-order valence-corrected chi connectivity index (χ1v) is 5.78. The zero-order valence-electron chi connectivity index (χ0n) is 10.5. The summed E-state index contributed by atoms with van der Waals surface area (Å²) in [5, 5.41) is 12.2. The highest BCUT2D eigenvalue weighted by molar-refractivity contribution is 5.88. The molecule has 0 aromatic carbocycles. The van der Waals surface area contributed by atoms with Gasteiger partial charge < -0.3 is 10.0 Å². The van der Waals surface area contributed by atoms with Crippen molar-refractivity contribution in [3.63, 3.8) is 0 Å². The topological polar surface area (TPSA) is 78.6 Å². The van der Waals surface area contributed by atoms with E-state index < -0.39 is 11.8 Å². The van der Waals surface area contributed by atoms with Crippen molar-refractivity contribution in [2.75, 3.05) is 6.61 Å². The second-order valence-corrected chi connectivity index (χ2v) is 5.26. The first-order chi connectivity index (χ1) is 7.31. The molecule has 1 amide bonds. The number of aliphatic hydroxyl groups excluding tert-OH is 1. The van der Waals surface area contributed by atoms with Crippen LogP contribution >= 0.6 is 0 Å². The third kappa shape index (κ3) is 2.36. The maximum atomic E-state index is 12.2. The SMILES string of the molecule is CC(C)CC1(C)NC(N)N(C(C)CO)C1=O. The molecule has 1 heterocycles. The molecule has 1 aliphatic rings. The second-order valence-electron chi connectivity index (χ2n) is 5.26. The Balaban J connectivity index is 2.84.